The van der Waals surface area contributed by atoms with Gasteiger partial charge in [0.25, 0.3) is 5.91 Å². The lowest BCUT2D eigenvalue weighted by molar-refractivity contribution is -0.114. The van der Waals surface area contributed by atoms with Crippen molar-refractivity contribution in [1.29, 1.82) is 0 Å². The van der Waals surface area contributed by atoms with Crippen LogP contribution < -0.4 is 14.8 Å². The second kappa shape index (κ2) is 7.12. The Labute approximate surface area is 140 Å². The minimum Gasteiger partial charge on any atom is -0.493 e. The van der Waals surface area contributed by atoms with Crippen molar-refractivity contribution in [2.75, 3.05) is 20.8 Å². The SMILES string of the molecule is COc1ccc(CCNC(=O)C2=NN=C3CC=CC=C32)cc1OC. The molecule has 0 unspecified atom stereocenters. The van der Waals surface area contributed by atoms with Crippen molar-refractivity contribution < 1.29 is 14.3 Å². The van der Waals surface area contributed by atoms with Gasteiger partial charge in [0, 0.05) is 18.5 Å². The highest BCUT2D eigenvalue weighted by molar-refractivity contribution is 6.53. The molecule has 6 heteroatoms. The number of benzene rings is 1. The molecule has 1 amide bonds. The number of rotatable bonds is 6. The lowest BCUT2D eigenvalue weighted by Gasteiger charge is -2.11. The van der Waals surface area contributed by atoms with Crippen molar-refractivity contribution in [1.82, 2.24) is 5.32 Å². The number of nitrogens with zero attached hydrogens (tertiary/aromatic N) is 2. The van der Waals surface area contributed by atoms with Crippen LogP contribution in [0.3, 0.4) is 0 Å². The maximum Gasteiger partial charge on any atom is 0.272 e. The van der Waals surface area contributed by atoms with Gasteiger partial charge in [-0.3, -0.25) is 4.79 Å². The monoisotopic (exact) mass is 325 g/mol. The number of amides is 1. The summed E-state index contributed by atoms with van der Waals surface area (Å²) < 4.78 is 10.5. The van der Waals surface area contributed by atoms with Crippen LogP contribution in [0, 0.1) is 0 Å². The molecule has 124 valence electrons. The van der Waals surface area contributed by atoms with E-state index in [1.807, 2.05) is 36.4 Å². The number of hydrogen-bond donors (Lipinski definition) is 1. The van der Waals surface area contributed by atoms with E-state index in [1.54, 1.807) is 14.2 Å². The number of carbonyl (C=O) groups excluding carboxylic acids is 1. The van der Waals surface area contributed by atoms with Gasteiger partial charge in [-0.05, 0) is 24.1 Å². The summed E-state index contributed by atoms with van der Waals surface area (Å²) in [4.78, 5) is 12.3. The zero-order valence-corrected chi connectivity index (χ0v) is 13.7. The standard InChI is InChI=1S/C18H19N3O3/c1-23-15-8-7-12(11-16(15)24-2)9-10-19-18(22)17-13-5-3-4-6-14(13)20-21-17/h3-5,7-8,11H,6,9-10H2,1-2H3,(H,19,22). The molecule has 1 aliphatic carbocycles. The van der Waals surface area contributed by atoms with Crippen molar-refractivity contribution in [2.45, 2.75) is 12.8 Å². The first kappa shape index (κ1) is 16.0. The smallest absolute Gasteiger partial charge is 0.272 e. The number of allylic oxidation sites excluding steroid dienone is 3. The van der Waals surface area contributed by atoms with E-state index in [-0.39, 0.29) is 5.91 Å². The van der Waals surface area contributed by atoms with Gasteiger partial charge in [-0.25, -0.2) is 0 Å². The number of nitrogens with one attached hydrogen (secondary N) is 1. The molecule has 24 heavy (non-hydrogen) atoms. The summed E-state index contributed by atoms with van der Waals surface area (Å²) in [6, 6.07) is 5.72. The first-order valence-corrected chi connectivity index (χ1v) is 7.74. The predicted octanol–water partition coefficient (Wildman–Crippen LogP) is 2.06. The molecular formula is C18H19N3O3. The summed E-state index contributed by atoms with van der Waals surface area (Å²) >= 11 is 0. The molecule has 2 aliphatic rings. The molecule has 0 fully saturated rings. The van der Waals surface area contributed by atoms with Gasteiger partial charge in [0.1, 0.15) is 0 Å². The maximum absolute atomic E-state index is 12.3. The average Bonchev–Trinajstić information content (AvgIpc) is 3.05. The largest absolute Gasteiger partial charge is 0.493 e. The molecule has 0 bridgehead atoms. The molecule has 0 aromatic heterocycles. The number of ether oxygens (including phenoxy) is 2. The fraction of sp³-hybridized carbons (Fsp3) is 0.278. The molecule has 3 rings (SSSR count). The van der Waals surface area contributed by atoms with Gasteiger partial charge in [0.05, 0.1) is 19.9 Å². The Morgan fingerprint density at radius 3 is 2.83 bits per heavy atom. The fourth-order valence-corrected chi connectivity index (χ4v) is 2.63. The fourth-order valence-electron chi connectivity index (χ4n) is 2.63. The highest BCUT2D eigenvalue weighted by Gasteiger charge is 2.25. The quantitative estimate of drug-likeness (QED) is 0.870. The Hall–Kier alpha value is -2.89. The molecular weight excluding hydrogens is 306 g/mol. The second-order valence-electron chi connectivity index (χ2n) is 5.40. The van der Waals surface area contributed by atoms with E-state index < -0.39 is 0 Å². The average molecular weight is 325 g/mol. The van der Waals surface area contributed by atoms with E-state index in [1.165, 1.54) is 0 Å². The van der Waals surface area contributed by atoms with E-state index in [4.69, 9.17) is 9.47 Å². The number of hydrogen-bond acceptors (Lipinski definition) is 5. The highest BCUT2D eigenvalue weighted by atomic mass is 16.5. The van der Waals surface area contributed by atoms with Crippen molar-refractivity contribution in [3.8, 4) is 11.5 Å². The predicted molar refractivity (Wildman–Crippen MR) is 93.0 cm³/mol. The zero-order chi connectivity index (χ0) is 16.9. The molecule has 0 atom stereocenters. The van der Waals surface area contributed by atoms with E-state index >= 15 is 0 Å². The van der Waals surface area contributed by atoms with Gasteiger partial charge in [-0.2, -0.15) is 5.10 Å². The van der Waals surface area contributed by atoms with Crippen LogP contribution in [0.5, 0.6) is 11.5 Å². The number of methoxy groups -OCH3 is 2. The third-order valence-electron chi connectivity index (χ3n) is 3.91. The lowest BCUT2D eigenvalue weighted by atomic mass is 9.98. The summed E-state index contributed by atoms with van der Waals surface area (Å²) in [7, 11) is 3.21. The van der Waals surface area contributed by atoms with E-state index in [0.29, 0.717) is 30.2 Å². The maximum atomic E-state index is 12.3. The van der Waals surface area contributed by atoms with Crippen molar-refractivity contribution in [3.63, 3.8) is 0 Å². The van der Waals surface area contributed by atoms with Crippen LogP contribution in [0.4, 0.5) is 0 Å². The molecule has 0 spiro atoms. The summed E-state index contributed by atoms with van der Waals surface area (Å²) in [6.07, 6.45) is 7.20. The number of carbonyl (C=O) groups is 1. The Morgan fingerprint density at radius 2 is 2.04 bits per heavy atom. The Kier molecular flexibility index (Phi) is 4.74. The molecule has 1 aromatic rings. The molecule has 6 nitrogen and oxygen atoms in total. The minimum absolute atomic E-state index is 0.198. The second-order valence-corrected chi connectivity index (χ2v) is 5.40. The van der Waals surface area contributed by atoms with Crippen molar-refractivity contribution in [3.05, 3.63) is 47.6 Å². The van der Waals surface area contributed by atoms with Crippen LogP contribution in [0.2, 0.25) is 0 Å². The van der Waals surface area contributed by atoms with E-state index in [2.05, 4.69) is 15.5 Å². The minimum atomic E-state index is -0.198. The zero-order valence-electron chi connectivity index (χ0n) is 13.7. The molecule has 0 saturated heterocycles. The first-order valence-electron chi connectivity index (χ1n) is 7.74. The molecule has 1 N–H and O–H groups in total. The highest BCUT2D eigenvalue weighted by Crippen LogP contribution is 2.27. The Morgan fingerprint density at radius 1 is 1.21 bits per heavy atom. The van der Waals surface area contributed by atoms with Gasteiger partial charge in [-0.1, -0.05) is 24.3 Å². The third kappa shape index (κ3) is 3.22. The van der Waals surface area contributed by atoms with Crippen molar-refractivity contribution in [2.24, 2.45) is 10.2 Å². The van der Waals surface area contributed by atoms with Crippen LogP contribution in [-0.2, 0) is 11.2 Å². The van der Waals surface area contributed by atoms with E-state index in [0.717, 1.165) is 23.3 Å². The van der Waals surface area contributed by atoms with Crippen LogP contribution in [0.25, 0.3) is 0 Å². The molecule has 1 heterocycles. The third-order valence-corrected chi connectivity index (χ3v) is 3.91. The van der Waals surface area contributed by atoms with Gasteiger partial charge in [0.15, 0.2) is 17.2 Å². The van der Waals surface area contributed by atoms with E-state index in [9.17, 15) is 4.79 Å². The lowest BCUT2D eigenvalue weighted by Crippen LogP contribution is -2.34. The van der Waals surface area contributed by atoms with Gasteiger partial charge in [-0.15, -0.1) is 5.10 Å². The molecule has 1 aromatic carbocycles. The molecule has 1 aliphatic heterocycles. The molecule has 0 radical (unpaired) electrons. The van der Waals surface area contributed by atoms with Gasteiger partial charge >= 0.3 is 0 Å². The van der Waals surface area contributed by atoms with Crippen LogP contribution in [0.1, 0.15) is 12.0 Å². The number of fused-ring (bicyclic) bond motifs is 1. The first-order chi connectivity index (χ1) is 11.7. The van der Waals surface area contributed by atoms with Crippen molar-refractivity contribution >= 4 is 17.3 Å². The normalized spacial score (nSPS) is 15.2. The van der Waals surface area contributed by atoms with Crippen LogP contribution in [-0.4, -0.2) is 38.1 Å². The van der Waals surface area contributed by atoms with Crippen LogP contribution >= 0.6 is 0 Å². The van der Waals surface area contributed by atoms with Crippen LogP contribution in [0.15, 0.2) is 52.2 Å². The Bertz CT molecular complexity index is 776. The topological polar surface area (TPSA) is 72.3 Å². The Balaban J connectivity index is 1.56. The summed E-state index contributed by atoms with van der Waals surface area (Å²) in [5, 5.41) is 11.0. The summed E-state index contributed by atoms with van der Waals surface area (Å²) in [6.45, 7) is 0.506. The summed E-state index contributed by atoms with van der Waals surface area (Å²) in [5.41, 5.74) is 3.11. The molecule has 0 saturated carbocycles. The van der Waals surface area contributed by atoms with Gasteiger partial charge < -0.3 is 14.8 Å². The summed E-state index contributed by atoms with van der Waals surface area (Å²) in [5.74, 6) is 1.17. The van der Waals surface area contributed by atoms with Gasteiger partial charge in [0.2, 0.25) is 0 Å².